The van der Waals surface area contributed by atoms with Crippen LogP contribution in [0.4, 0.5) is 14.5 Å². The Balaban J connectivity index is 3.27. The molecule has 0 aliphatic rings. The Kier molecular flexibility index (Phi) is 3.69. The topological polar surface area (TPSA) is 106 Å². The summed E-state index contributed by atoms with van der Waals surface area (Å²) in [7, 11) is -9.14. The third-order valence-corrected chi connectivity index (χ3v) is 3.62. The summed E-state index contributed by atoms with van der Waals surface area (Å²) < 4.78 is 69.5. The summed E-state index contributed by atoms with van der Waals surface area (Å²) in [6.45, 7) is 0. The first-order valence-corrected chi connectivity index (χ1v) is 7.15. The number of primary sulfonamides is 1. The van der Waals surface area contributed by atoms with Crippen molar-refractivity contribution in [3.05, 3.63) is 24.3 Å². The maximum atomic E-state index is 12.1. The Bertz CT molecular complexity index is 613. The highest BCUT2D eigenvalue weighted by Crippen LogP contribution is 2.21. The summed E-state index contributed by atoms with van der Waals surface area (Å²) in [6, 6.07) is 4.57. The van der Waals surface area contributed by atoms with Crippen LogP contribution in [0, 0.1) is 0 Å². The summed E-state index contributed by atoms with van der Waals surface area (Å²) in [5, 5.41) is 4.80. The summed E-state index contributed by atoms with van der Waals surface area (Å²) >= 11 is 0. The van der Waals surface area contributed by atoms with Crippen LogP contribution in [0.25, 0.3) is 0 Å². The van der Waals surface area contributed by atoms with Crippen LogP contribution in [0.2, 0.25) is 0 Å². The number of hydrogen-bond donors (Lipinski definition) is 2. The van der Waals surface area contributed by atoms with Gasteiger partial charge in [-0.1, -0.05) is 12.1 Å². The lowest BCUT2D eigenvalue weighted by Gasteiger charge is -2.10. The van der Waals surface area contributed by atoms with E-state index in [2.05, 4.69) is 0 Å². The minimum Gasteiger partial charge on any atom is -0.277 e. The highest BCUT2D eigenvalue weighted by molar-refractivity contribution is 7.93. The van der Waals surface area contributed by atoms with E-state index in [0.29, 0.717) is 0 Å². The lowest BCUT2D eigenvalue weighted by Crippen LogP contribution is -2.23. The molecule has 10 heteroatoms. The number of anilines is 1. The minimum atomic E-state index is -4.94. The zero-order chi connectivity index (χ0) is 13.3. The lowest BCUT2D eigenvalue weighted by atomic mass is 10.3. The molecule has 96 valence electrons. The number of sulfonamides is 2. The molecule has 3 N–H and O–H groups in total. The van der Waals surface area contributed by atoms with Gasteiger partial charge in [0.1, 0.15) is 4.90 Å². The van der Waals surface area contributed by atoms with Gasteiger partial charge in [-0.3, -0.25) is 4.72 Å². The van der Waals surface area contributed by atoms with Crippen molar-refractivity contribution in [2.75, 3.05) is 4.72 Å². The van der Waals surface area contributed by atoms with Gasteiger partial charge < -0.3 is 0 Å². The number of alkyl halides is 2. The van der Waals surface area contributed by atoms with E-state index in [1.807, 2.05) is 0 Å². The Morgan fingerprint density at radius 1 is 1.12 bits per heavy atom. The first-order valence-electron chi connectivity index (χ1n) is 4.06. The van der Waals surface area contributed by atoms with Gasteiger partial charge in [0.2, 0.25) is 10.0 Å². The zero-order valence-electron chi connectivity index (χ0n) is 8.17. The Labute approximate surface area is 96.5 Å². The Morgan fingerprint density at radius 3 is 2.12 bits per heavy atom. The molecule has 1 aromatic carbocycles. The van der Waals surface area contributed by atoms with E-state index in [0.717, 1.165) is 12.1 Å². The monoisotopic (exact) mass is 286 g/mol. The number of hydrogen-bond acceptors (Lipinski definition) is 4. The van der Waals surface area contributed by atoms with E-state index in [-0.39, 0.29) is 0 Å². The number of rotatable bonds is 4. The molecule has 0 saturated heterocycles. The first kappa shape index (κ1) is 13.8. The fourth-order valence-corrected chi connectivity index (χ4v) is 2.33. The summed E-state index contributed by atoms with van der Waals surface area (Å²) in [5.41, 5.74) is -0.518. The van der Waals surface area contributed by atoms with Gasteiger partial charge in [0, 0.05) is 0 Å². The summed E-state index contributed by atoms with van der Waals surface area (Å²) in [5.74, 6) is -3.67. The van der Waals surface area contributed by atoms with E-state index in [1.165, 1.54) is 16.9 Å². The van der Waals surface area contributed by atoms with E-state index >= 15 is 0 Å². The molecule has 0 radical (unpaired) electrons. The Hall–Kier alpha value is -1.26. The molecule has 1 rings (SSSR count). The van der Waals surface area contributed by atoms with Crippen LogP contribution >= 0.6 is 0 Å². The highest BCUT2D eigenvalue weighted by atomic mass is 32.2. The predicted molar refractivity (Wildman–Crippen MR) is 56.4 cm³/mol. The fraction of sp³-hybridized carbons (Fsp3) is 0.143. The second-order valence-corrected chi connectivity index (χ2v) is 6.13. The number of benzene rings is 1. The fourth-order valence-electron chi connectivity index (χ4n) is 0.997. The molecule has 0 aliphatic heterocycles. The van der Waals surface area contributed by atoms with Crippen molar-refractivity contribution in [3.8, 4) is 0 Å². The maximum Gasteiger partial charge on any atom is 0.355 e. The summed E-state index contributed by atoms with van der Waals surface area (Å²) in [4.78, 5) is -0.579. The van der Waals surface area contributed by atoms with Gasteiger partial charge in [0.05, 0.1) is 5.69 Å². The van der Waals surface area contributed by atoms with Gasteiger partial charge in [-0.2, -0.15) is 8.78 Å². The SMILES string of the molecule is NS(=O)(=O)c1ccccc1NS(=O)(=O)C(F)F. The van der Waals surface area contributed by atoms with Crippen LogP contribution in [-0.2, 0) is 20.0 Å². The van der Waals surface area contributed by atoms with Crippen LogP contribution in [0.1, 0.15) is 0 Å². The van der Waals surface area contributed by atoms with Gasteiger partial charge in [-0.25, -0.2) is 22.0 Å². The van der Waals surface area contributed by atoms with Crippen LogP contribution in [0.5, 0.6) is 0 Å². The van der Waals surface area contributed by atoms with Gasteiger partial charge in [0.15, 0.2) is 0 Å². The third kappa shape index (κ3) is 3.35. The van der Waals surface area contributed by atoms with Gasteiger partial charge in [-0.15, -0.1) is 0 Å². The molecule has 0 bridgehead atoms. The first-order chi connectivity index (χ1) is 7.64. The largest absolute Gasteiger partial charge is 0.355 e. The molecule has 0 amide bonds. The van der Waals surface area contributed by atoms with Crippen molar-refractivity contribution >= 4 is 25.7 Å². The van der Waals surface area contributed by atoms with Gasteiger partial charge >= 0.3 is 5.76 Å². The van der Waals surface area contributed by atoms with Crippen molar-refractivity contribution in [2.24, 2.45) is 5.14 Å². The average molecular weight is 286 g/mol. The molecule has 0 saturated carbocycles. The van der Waals surface area contributed by atoms with Gasteiger partial charge in [0.25, 0.3) is 10.0 Å². The molecule has 6 nitrogen and oxygen atoms in total. The molecular weight excluding hydrogens is 278 g/mol. The molecule has 0 heterocycles. The smallest absolute Gasteiger partial charge is 0.277 e. The molecule has 0 aromatic heterocycles. The predicted octanol–water partition coefficient (Wildman–Crippen LogP) is 0.298. The van der Waals surface area contributed by atoms with Crippen molar-refractivity contribution in [3.63, 3.8) is 0 Å². The highest BCUT2D eigenvalue weighted by Gasteiger charge is 2.26. The van der Waals surface area contributed by atoms with E-state index in [4.69, 9.17) is 5.14 Å². The van der Waals surface area contributed by atoms with E-state index in [1.54, 1.807) is 0 Å². The summed E-state index contributed by atoms with van der Waals surface area (Å²) in [6.07, 6.45) is 0. The van der Waals surface area contributed by atoms with Crippen LogP contribution in [-0.4, -0.2) is 22.6 Å². The van der Waals surface area contributed by atoms with Crippen molar-refractivity contribution in [2.45, 2.75) is 10.7 Å². The van der Waals surface area contributed by atoms with E-state index in [9.17, 15) is 25.6 Å². The molecule has 0 atom stereocenters. The van der Waals surface area contributed by atoms with Crippen molar-refractivity contribution in [1.29, 1.82) is 0 Å². The van der Waals surface area contributed by atoms with Crippen molar-refractivity contribution in [1.82, 2.24) is 0 Å². The molecule has 1 aromatic rings. The second kappa shape index (κ2) is 4.55. The molecule has 0 spiro atoms. The quantitative estimate of drug-likeness (QED) is 0.830. The van der Waals surface area contributed by atoms with Crippen LogP contribution in [0.3, 0.4) is 0 Å². The molecular formula is C7H8F2N2O4S2. The van der Waals surface area contributed by atoms with Crippen LogP contribution < -0.4 is 9.86 Å². The average Bonchev–Trinajstić information content (AvgIpc) is 2.15. The van der Waals surface area contributed by atoms with E-state index < -0.39 is 36.4 Å². The molecule has 0 fully saturated rings. The number of para-hydroxylation sites is 1. The Morgan fingerprint density at radius 2 is 1.65 bits per heavy atom. The number of nitrogens with one attached hydrogen (secondary N) is 1. The maximum absolute atomic E-state index is 12.1. The zero-order valence-corrected chi connectivity index (χ0v) is 9.80. The van der Waals surface area contributed by atoms with Gasteiger partial charge in [-0.05, 0) is 12.1 Å². The molecule has 0 aliphatic carbocycles. The third-order valence-electron chi connectivity index (χ3n) is 1.68. The standard InChI is InChI=1S/C7H8F2N2O4S2/c8-7(9)17(14,15)11-5-3-1-2-4-6(5)16(10,12)13/h1-4,7,11H,(H2,10,12,13). The molecule has 17 heavy (non-hydrogen) atoms. The second-order valence-electron chi connectivity index (χ2n) is 2.95. The minimum absolute atomic E-state index is 0.518. The lowest BCUT2D eigenvalue weighted by molar-refractivity contribution is 0.236. The van der Waals surface area contributed by atoms with Crippen LogP contribution in [0.15, 0.2) is 29.2 Å². The van der Waals surface area contributed by atoms with Crippen molar-refractivity contribution < 1.29 is 25.6 Å². The normalized spacial score (nSPS) is 12.7. The number of nitrogens with two attached hydrogens (primary N) is 1. The molecule has 0 unspecified atom stereocenters. The number of halogens is 2.